The summed E-state index contributed by atoms with van der Waals surface area (Å²) in [6.07, 6.45) is 0.859. The molecule has 1 amide bonds. The van der Waals surface area contributed by atoms with Crippen LogP contribution in [0.4, 0.5) is 5.69 Å². The zero-order valence-corrected chi connectivity index (χ0v) is 11.6. The van der Waals surface area contributed by atoms with E-state index in [1.54, 1.807) is 18.2 Å². The largest absolute Gasteiger partial charge is 0.377 e. The van der Waals surface area contributed by atoms with Crippen LogP contribution in [0, 0.1) is 0 Å². The molecular formula is C13H18ClN3O2. The fourth-order valence-electron chi connectivity index (χ4n) is 2.23. The number of nitrogens with two attached hydrogens (primary N) is 1. The van der Waals surface area contributed by atoms with Crippen molar-refractivity contribution in [2.75, 3.05) is 25.2 Å². The standard InChI is InChI=1S/C13H18ClN3O2/c1-2-10-8-19-6-5-17(10)13(18)11-7-9(14)3-4-12(11)16-15/h3-4,7,10,16H,2,5-6,8,15H2,1H3. The summed E-state index contributed by atoms with van der Waals surface area (Å²) in [6, 6.07) is 5.15. The summed E-state index contributed by atoms with van der Waals surface area (Å²) < 4.78 is 5.41. The monoisotopic (exact) mass is 283 g/mol. The summed E-state index contributed by atoms with van der Waals surface area (Å²) in [4.78, 5) is 14.4. The molecule has 1 aromatic carbocycles. The molecule has 1 unspecified atom stereocenters. The first-order valence-electron chi connectivity index (χ1n) is 6.32. The fourth-order valence-corrected chi connectivity index (χ4v) is 2.41. The molecule has 0 radical (unpaired) electrons. The van der Waals surface area contributed by atoms with Gasteiger partial charge in [0, 0.05) is 11.6 Å². The first kappa shape index (κ1) is 14.1. The normalized spacial score (nSPS) is 19.3. The van der Waals surface area contributed by atoms with E-state index < -0.39 is 0 Å². The Morgan fingerprint density at radius 2 is 2.42 bits per heavy atom. The summed E-state index contributed by atoms with van der Waals surface area (Å²) in [7, 11) is 0. The van der Waals surface area contributed by atoms with Crippen LogP contribution in [0.5, 0.6) is 0 Å². The molecule has 1 atom stereocenters. The Labute approximate surface area is 117 Å². The van der Waals surface area contributed by atoms with Crippen molar-refractivity contribution < 1.29 is 9.53 Å². The number of halogens is 1. The van der Waals surface area contributed by atoms with Crippen molar-refractivity contribution in [2.45, 2.75) is 19.4 Å². The third-order valence-corrected chi connectivity index (χ3v) is 3.56. The van der Waals surface area contributed by atoms with Crippen LogP contribution in [0.1, 0.15) is 23.7 Å². The highest BCUT2D eigenvalue weighted by Gasteiger charge is 2.28. The lowest BCUT2D eigenvalue weighted by Gasteiger charge is -2.35. The van der Waals surface area contributed by atoms with E-state index in [0.717, 1.165) is 6.42 Å². The number of nitrogens with one attached hydrogen (secondary N) is 1. The number of nitrogen functional groups attached to an aromatic ring is 1. The summed E-state index contributed by atoms with van der Waals surface area (Å²) in [5.41, 5.74) is 3.61. The number of hydrogen-bond donors (Lipinski definition) is 2. The molecule has 1 heterocycles. The van der Waals surface area contributed by atoms with E-state index in [1.165, 1.54) is 0 Å². The Balaban J connectivity index is 2.29. The summed E-state index contributed by atoms with van der Waals surface area (Å²) >= 11 is 5.96. The van der Waals surface area contributed by atoms with Crippen LogP contribution in [0.2, 0.25) is 5.02 Å². The van der Waals surface area contributed by atoms with Gasteiger partial charge in [-0.2, -0.15) is 0 Å². The average molecular weight is 284 g/mol. The molecule has 0 saturated carbocycles. The number of hydrazine groups is 1. The SMILES string of the molecule is CCC1COCCN1C(=O)c1cc(Cl)ccc1NN. The Morgan fingerprint density at radius 1 is 1.63 bits per heavy atom. The van der Waals surface area contributed by atoms with Crippen molar-refractivity contribution in [2.24, 2.45) is 5.84 Å². The van der Waals surface area contributed by atoms with E-state index >= 15 is 0 Å². The Morgan fingerprint density at radius 3 is 3.11 bits per heavy atom. The lowest BCUT2D eigenvalue weighted by atomic mass is 10.1. The molecule has 0 spiro atoms. The van der Waals surface area contributed by atoms with Gasteiger partial charge in [-0.25, -0.2) is 0 Å². The van der Waals surface area contributed by atoms with Gasteiger partial charge in [0.1, 0.15) is 0 Å². The number of carbonyl (C=O) groups is 1. The van der Waals surface area contributed by atoms with Crippen LogP contribution in [-0.4, -0.2) is 36.6 Å². The van der Waals surface area contributed by atoms with Crippen molar-refractivity contribution in [3.8, 4) is 0 Å². The van der Waals surface area contributed by atoms with Crippen molar-refractivity contribution in [3.05, 3.63) is 28.8 Å². The van der Waals surface area contributed by atoms with Gasteiger partial charge >= 0.3 is 0 Å². The first-order valence-corrected chi connectivity index (χ1v) is 6.70. The van der Waals surface area contributed by atoms with Crippen molar-refractivity contribution in [3.63, 3.8) is 0 Å². The van der Waals surface area contributed by atoms with Gasteiger partial charge in [-0.15, -0.1) is 0 Å². The molecule has 0 bridgehead atoms. The molecule has 1 saturated heterocycles. The van der Waals surface area contributed by atoms with Crippen LogP contribution < -0.4 is 11.3 Å². The van der Waals surface area contributed by atoms with E-state index in [4.69, 9.17) is 22.2 Å². The number of benzene rings is 1. The quantitative estimate of drug-likeness (QED) is 0.656. The van der Waals surface area contributed by atoms with E-state index in [-0.39, 0.29) is 11.9 Å². The highest BCUT2D eigenvalue weighted by molar-refractivity contribution is 6.31. The third-order valence-electron chi connectivity index (χ3n) is 3.33. The lowest BCUT2D eigenvalue weighted by Crippen LogP contribution is -2.48. The molecule has 1 fully saturated rings. The number of hydrogen-bond acceptors (Lipinski definition) is 4. The number of carbonyl (C=O) groups excluding carboxylic acids is 1. The molecule has 6 heteroatoms. The second-order valence-corrected chi connectivity index (χ2v) is 4.91. The highest BCUT2D eigenvalue weighted by atomic mass is 35.5. The first-order chi connectivity index (χ1) is 9.17. The summed E-state index contributed by atoms with van der Waals surface area (Å²) in [6.45, 7) is 3.77. The fraction of sp³-hybridized carbons (Fsp3) is 0.462. The zero-order valence-electron chi connectivity index (χ0n) is 10.9. The molecule has 1 aromatic rings. The number of rotatable bonds is 3. The number of morpholine rings is 1. The predicted molar refractivity (Wildman–Crippen MR) is 75.2 cm³/mol. The molecule has 104 valence electrons. The molecular weight excluding hydrogens is 266 g/mol. The second kappa shape index (κ2) is 6.23. The van der Waals surface area contributed by atoms with Gasteiger partial charge in [0.25, 0.3) is 5.91 Å². The third kappa shape index (κ3) is 3.00. The molecule has 5 nitrogen and oxygen atoms in total. The van der Waals surface area contributed by atoms with Gasteiger partial charge in [0.15, 0.2) is 0 Å². The van der Waals surface area contributed by atoms with Gasteiger partial charge in [0.2, 0.25) is 0 Å². The number of nitrogens with zero attached hydrogens (tertiary/aromatic N) is 1. The van der Waals surface area contributed by atoms with Gasteiger partial charge < -0.3 is 15.1 Å². The van der Waals surface area contributed by atoms with Crippen molar-refractivity contribution >= 4 is 23.2 Å². The van der Waals surface area contributed by atoms with Crippen molar-refractivity contribution in [1.29, 1.82) is 0 Å². The van der Waals surface area contributed by atoms with E-state index in [2.05, 4.69) is 5.43 Å². The molecule has 1 aliphatic rings. The topological polar surface area (TPSA) is 67.6 Å². The van der Waals surface area contributed by atoms with E-state index in [1.807, 2.05) is 11.8 Å². The lowest BCUT2D eigenvalue weighted by molar-refractivity contribution is -0.00274. The van der Waals surface area contributed by atoms with E-state index in [0.29, 0.717) is 36.0 Å². The molecule has 3 N–H and O–H groups in total. The van der Waals surface area contributed by atoms with Gasteiger partial charge in [-0.05, 0) is 24.6 Å². The van der Waals surface area contributed by atoms with Crippen LogP contribution >= 0.6 is 11.6 Å². The van der Waals surface area contributed by atoms with Crippen LogP contribution in [0.25, 0.3) is 0 Å². The minimum absolute atomic E-state index is 0.0643. The Bertz CT molecular complexity index is 467. The minimum Gasteiger partial charge on any atom is -0.377 e. The molecule has 2 rings (SSSR count). The van der Waals surface area contributed by atoms with Gasteiger partial charge in [0.05, 0.1) is 30.5 Å². The second-order valence-electron chi connectivity index (χ2n) is 4.47. The van der Waals surface area contributed by atoms with Crippen molar-refractivity contribution in [1.82, 2.24) is 4.90 Å². The smallest absolute Gasteiger partial charge is 0.256 e. The maximum absolute atomic E-state index is 12.6. The molecule has 1 aliphatic heterocycles. The Kier molecular flexibility index (Phi) is 4.63. The number of ether oxygens (including phenoxy) is 1. The molecule has 19 heavy (non-hydrogen) atoms. The van der Waals surface area contributed by atoms with Crippen LogP contribution in [-0.2, 0) is 4.74 Å². The maximum atomic E-state index is 12.6. The van der Waals surface area contributed by atoms with Crippen LogP contribution in [0.15, 0.2) is 18.2 Å². The average Bonchev–Trinajstić information content (AvgIpc) is 2.46. The van der Waals surface area contributed by atoms with E-state index in [9.17, 15) is 4.79 Å². The molecule has 0 aliphatic carbocycles. The van der Waals surface area contributed by atoms with Gasteiger partial charge in [-0.1, -0.05) is 18.5 Å². The summed E-state index contributed by atoms with van der Waals surface area (Å²) in [5, 5.41) is 0.517. The molecule has 0 aromatic heterocycles. The van der Waals surface area contributed by atoms with Gasteiger partial charge in [-0.3, -0.25) is 10.6 Å². The summed E-state index contributed by atoms with van der Waals surface area (Å²) in [5.74, 6) is 5.38. The highest BCUT2D eigenvalue weighted by Crippen LogP contribution is 2.23. The maximum Gasteiger partial charge on any atom is 0.256 e. The van der Waals surface area contributed by atoms with Crippen LogP contribution in [0.3, 0.4) is 0 Å². The number of amides is 1. The number of anilines is 1. The predicted octanol–water partition coefficient (Wildman–Crippen LogP) is 1.88. The zero-order chi connectivity index (χ0) is 13.8. The Hall–Kier alpha value is -1.30. The minimum atomic E-state index is -0.0643.